The minimum atomic E-state index is -2.85. The molecule has 2 rings (SSSR count). The molecule has 0 aromatic rings. The second-order valence-electron chi connectivity index (χ2n) is 6.50. The summed E-state index contributed by atoms with van der Waals surface area (Å²) in [5, 5.41) is 6.54. The van der Waals surface area contributed by atoms with Crippen molar-refractivity contribution in [3.05, 3.63) is 0 Å². The van der Waals surface area contributed by atoms with E-state index in [1.807, 2.05) is 6.92 Å². The van der Waals surface area contributed by atoms with Crippen molar-refractivity contribution >= 4 is 15.8 Å². The van der Waals surface area contributed by atoms with Crippen LogP contribution in [0.25, 0.3) is 0 Å². The average Bonchev–Trinajstić information content (AvgIpc) is 3.04. The predicted octanol–water partition coefficient (Wildman–Crippen LogP) is 1.70. The van der Waals surface area contributed by atoms with E-state index in [0.717, 1.165) is 19.0 Å². The van der Waals surface area contributed by atoms with Gasteiger partial charge < -0.3 is 10.6 Å². The molecular weight excluding hydrogens is 286 g/mol. The molecule has 122 valence electrons. The van der Waals surface area contributed by atoms with Gasteiger partial charge in [-0.3, -0.25) is 4.99 Å². The summed E-state index contributed by atoms with van der Waals surface area (Å²) in [5.74, 6) is 1.30. The molecule has 1 saturated heterocycles. The van der Waals surface area contributed by atoms with E-state index in [-0.39, 0.29) is 11.8 Å². The van der Waals surface area contributed by atoms with Crippen molar-refractivity contribution < 1.29 is 8.42 Å². The smallest absolute Gasteiger partial charge is 0.191 e. The first-order chi connectivity index (χ1) is 9.99. The van der Waals surface area contributed by atoms with Gasteiger partial charge in [-0.05, 0) is 38.0 Å². The molecule has 2 fully saturated rings. The van der Waals surface area contributed by atoms with Crippen LogP contribution in [-0.4, -0.2) is 45.0 Å². The molecule has 2 N–H and O–H groups in total. The van der Waals surface area contributed by atoms with Crippen LogP contribution in [0.1, 0.15) is 52.4 Å². The fraction of sp³-hybridized carbons (Fsp3) is 0.933. The van der Waals surface area contributed by atoms with Crippen LogP contribution in [0.15, 0.2) is 4.99 Å². The zero-order valence-electron chi connectivity index (χ0n) is 13.3. The fourth-order valence-electron chi connectivity index (χ4n) is 3.42. The van der Waals surface area contributed by atoms with Gasteiger partial charge in [0.05, 0.1) is 11.5 Å². The van der Waals surface area contributed by atoms with E-state index in [0.29, 0.717) is 17.6 Å². The summed E-state index contributed by atoms with van der Waals surface area (Å²) in [5.41, 5.74) is 0.365. The zero-order valence-corrected chi connectivity index (χ0v) is 14.1. The molecule has 0 radical (unpaired) electrons. The lowest BCUT2D eigenvalue weighted by Crippen LogP contribution is -2.44. The van der Waals surface area contributed by atoms with E-state index in [9.17, 15) is 8.42 Å². The first-order valence-electron chi connectivity index (χ1n) is 8.24. The van der Waals surface area contributed by atoms with Gasteiger partial charge in [-0.15, -0.1) is 0 Å². The number of hydrogen-bond donors (Lipinski definition) is 2. The number of sulfone groups is 1. The molecule has 0 aromatic carbocycles. The Morgan fingerprint density at radius 1 is 1.29 bits per heavy atom. The van der Waals surface area contributed by atoms with Gasteiger partial charge >= 0.3 is 0 Å². The number of rotatable bonds is 5. The monoisotopic (exact) mass is 315 g/mol. The minimum Gasteiger partial charge on any atom is -0.357 e. The van der Waals surface area contributed by atoms with E-state index in [1.165, 1.54) is 32.1 Å². The van der Waals surface area contributed by atoms with Crippen LogP contribution >= 0.6 is 0 Å². The lowest BCUT2D eigenvalue weighted by atomic mass is 9.84. The van der Waals surface area contributed by atoms with Crippen molar-refractivity contribution in [1.82, 2.24) is 10.6 Å². The molecule has 1 saturated carbocycles. The van der Waals surface area contributed by atoms with Crippen LogP contribution in [0.2, 0.25) is 0 Å². The first-order valence-corrected chi connectivity index (χ1v) is 10.1. The molecular formula is C15H29N3O2S. The van der Waals surface area contributed by atoms with Crippen molar-refractivity contribution in [3.63, 3.8) is 0 Å². The molecule has 2 aliphatic rings. The summed E-state index contributed by atoms with van der Waals surface area (Å²) < 4.78 is 23.1. The zero-order chi connectivity index (χ0) is 15.3. The Morgan fingerprint density at radius 2 is 2.00 bits per heavy atom. The molecule has 0 bridgehead atoms. The van der Waals surface area contributed by atoms with E-state index >= 15 is 0 Å². The summed E-state index contributed by atoms with van der Waals surface area (Å²) in [4.78, 5) is 4.75. The first kappa shape index (κ1) is 16.6. The highest BCUT2D eigenvalue weighted by Crippen LogP contribution is 2.41. The van der Waals surface area contributed by atoms with Gasteiger partial charge in [0.1, 0.15) is 0 Å². The Hall–Kier alpha value is -0.780. The van der Waals surface area contributed by atoms with Crippen LogP contribution in [0.3, 0.4) is 0 Å². The number of guanidine groups is 1. The van der Waals surface area contributed by atoms with Crippen molar-refractivity contribution in [3.8, 4) is 0 Å². The molecule has 21 heavy (non-hydrogen) atoms. The molecule has 0 spiro atoms. The summed E-state index contributed by atoms with van der Waals surface area (Å²) >= 11 is 0. The maximum Gasteiger partial charge on any atom is 0.191 e. The Morgan fingerprint density at radius 3 is 2.52 bits per heavy atom. The van der Waals surface area contributed by atoms with Gasteiger partial charge in [0, 0.05) is 19.1 Å². The van der Waals surface area contributed by atoms with E-state index in [2.05, 4.69) is 17.6 Å². The molecule has 0 amide bonds. The fourth-order valence-corrected chi connectivity index (χ4v) is 5.09. The lowest BCUT2D eigenvalue weighted by molar-refractivity contribution is 0.297. The van der Waals surface area contributed by atoms with Crippen LogP contribution in [0.5, 0.6) is 0 Å². The largest absolute Gasteiger partial charge is 0.357 e. The van der Waals surface area contributed by atoms with E-state index < -0.39 is 9.84 Å². The third-order valence-corrected chi connectivity index (χ3v) is 6.67. The second-order valence-corrected chi connectivity index (χ2v) is 8.73. The van der Waals surface area contributed by atoms with Gasteiger partial charge in [-0.25, -0.2) is 8.42 Å². The quantitative estimate of drug-likeness (QED) is 0.598. The van der Waals surface area contributed by atoms with Gasteiger partial charge in [-0.1, -0.05) is 19.8 Å². The van der Waals surface area contributed by atoms with Crippen molar-refractivity contribution in [2.24, 2.45) is 10.4 Å². The minimum absolute atomic E-state index is 0.00829. The Kier molecular flexibility index (Phi) is 5.52. The highest BCUT2D eigenvalue weighted by atomic mass is 32.2. The summed E-state index contributed by atoms with van der Waals surface area (Å²) in [6, 6.07) is 0.00829. The number of aliphatic imine (C=N–C) groups is 1. The van der Waals surface area contributed by atoms with E-state index in [1.54, 1.807) is 0 Å². The van der Waals surface area contributed by atoms with E-state index in [4.69, 9.17) is 4.99 Å². The lowest BCUT2D eigenvalue weighted by Gasteiger charge is -2.26. The molecule has 1 atom stereocenters. The molecule has 1 unspecified atom stereocenters. The number of hydrogen-bond acceptors (Lipinski definition) is 3. The third kappa shape index (κ3) is 4.59. The van der Waals surface area contributed by atoms with Crippen LogP contribution < -0.4 is 10.6 Å². The molecule has 1 aliphatic carbocycles. The highest BCUT2D eigenvalue weighted by Gasteiger charge is 2.32. The number of nitrogens with one attached hydrogen (secondary N) is 2. The van der Waals surface area contributed by atoms with Gasteiger partial charge in [-0.2, -0.15) is 0 Å². The van der Waals surface area contributed by atoms with Gasteiger partial charge in [0.15, 0.2) is 15.8 Å². The normalized spacial score (nSPS) is 27.7. The standard InChI is InChI=1S/C15H29N3O2S/c1-3-15(8-5-6-9-15)12-17-14(16-4-2)18-13-7-10-21(19,20)11-13/h13H,3-12H2,1-2H3,(H2,16,17,18). The Bertz CT molecular complexity index is 467. The number of nitrogens with zero attached hydrogens (tertiary/aromatic N) is 1. The topological polar surface area (TPSA) is 70.6 Å². The molecule has 0 aromatic heterocycles. The van der Waals surface area contributed by atoms with Crippen molar-refractivity contribution in [1.29, 1.82) is 0 Å². The second kappa shape index (κ2) is 6.99. The van der Waals surface area contributed by atoms with Gasteiger partial charge in [0.2, 0.25) is 0 Å². The summed E-state index contributed by atoms with van der Waals surface area (Å²) in [6.07, 6.45) is 7.02. The molecule has 6 heteroatoms. The Labute approximate surface area is 128 Å². The average molecular weight is 315 g/mol. The predicted molar refractivity (Wildman–Crippen MR) is 87.4 cm³/mol. The highest BCUT2D eigenvalue weighted by molar-refractivity contribution is 7.91. The summed E-state index contributed by atoms with van der Waals surface area (Å²) in [6.45, 7) is 5.93. The maximum absolute atomic E-state index is 11.5. The third-order valence-electron chi connectivity index (χ3n) is 4.90. The van der Waals surface area contributed by atoms with Crippen LogP contribution in [0, 0.1) is 5.41 Å². The maximum atomic E-state index is 11.5. The molecule has 1 heterocycles. The van der Waals surface area contributed by atoms with Crippen molar-refractivity contribution in [2.75, 3.05) is 24.6 Å². The van der Waals surface area contributed by atoms with Crippen molar-refractivity contribution in [2.45, 2.75) is 58.4 Å². The van der Waals surface area contributed by atoms with Crippen LogP contribution in [0.4, 0.5) is 0 Å². The molecule has 5 nitrogen and oxygen atoms in total. The molecule has 1 aliphatic heterocycles. The summed E-state index contributed by atoms with van der Waals surface area (Å²) in [7, 11) is -2.85. The SMILES string of the molecule is CCNC(=NCC1(CC)CCCC1)NC1CCS(=O)(=O)C1. The Balaban J connectivity index is 1.96. The van der Waals surface area contributed by atoms with Gasteiger partial charge in [0.25, 0.3) is 0 Å². The van der Waals surface area contributed by atoms with Crippen LogP contribution in [-0.2, 0) is 9.84 Å².